The van der Waals surface area contributed by atoms with Gasteiger partial charge in [-0.1, -0.05) is 48.8 Å². The number of rotatable bonds is 9. The molecule has 0 aliphatic carbocycles. The number of nitrogens with zero attached hydrogens (tertiary/aromatic N) is 5. The summed E-state index contributed by atoms with van der Waals surface area (Å²) in [5.41, 5.74) is 5.06. The number of anilines is 1. The molecule has 0 unspecified atom stereocenters. The van der Waals surface area contributed by atoms with Gasteiger partial charge >= 0.3 is 0 Å². The Bertz CT molecular complexity index is 1950. The Morgan fingerprint density at radius 2 is 1.80 bits per heavy atom. The molecule has 1 N–H and O–H groups in total. The van der Waals surface area contributed by atoms with Gasteiger partial charge in [0.2, 0.25) is 0 Å². The van der Waals surface area contributed by atoms with Gasteiger partial charge in [0.1, 0.15) is 16.5 Å². The number of hydrogen-bond acceptors (Lipinski definition) is 6. The van der Waals surface area contributed by atoms with Crippen molar-refractivity contribution in [1.29, 1.82) is 0 Å². The Labute approximate surface area is 232 Å². The number of aromatic nitrogens is 5. The van der Waals surface area contributed by atoms with Gasteiger partial charge in [0.25, 0.3) is 10.0 Å². The topological polar surface area (TPSA) is 108 Å². The highest BCUT2D eigenvalue weighted by Gasteiger charge is 2.24. The minimum absolute atomic E-state index is 0.142. The Balaban J connectivity index is 1.47. The molecule has 6 rings (SSSR count). The lowest BCUT2D eigenvalue weighted by atomic mass is 10.1. The summed E-state index contributed by atoms with van der Waals surface area (Å²) in [6.45, 7) is 6.27. The van der Waals surface area contributed by atoms with Crippen LogP contribution in [-0.2, 0) is 23.0 Å². The van der Waals surface area contributed by atoms with E-state index in [1.165, 1.54) is 0 Å². The van der Waals surface area contributed by atoms with Crippen LogP contribution >= 0.6 is 0 Å². The highest BCUT2D eigenvalue weighted by Crippen LogP contribution is 2.31. The van der Waals surface area contributed by atoms with Crippen LogP contribution in [0.3, 0.4) is 0 Å². The number of hydrogen-bond donors (Lipinski definition) is 1. The van der Waals surface area contributed by atoms with Crippen LogP contribution < -0.4 is 4.72 Å². The molecule has 40 heavy (non-hydrogen) atoms. The van der Waals surface area contributed by atoms with Gasteiger partial charge < -0.3 is 13.7 Å². The fraction of sp³-hybridized carbons (Fsp3) is 0.233. The maximum absolute atomic E-state index is 13.6. The fourth-order valence-corrected chi connectivity index (χ4v) is 6.30. The van der Waals surface area contributed by atoms with Crippen molar-refractivity contribution < 1.29 is 12.9 Å². The molecule has 4 heterocycles. The average molecular weight is 555 g/mol. The van der Waals surface area contributed by atoms with Crippen molar-refractivity contribution in [2.24, 2.45) is 0 Å². The summed E-state index contributed by atoms with van der Waals surface area (Å²) in [5, 5.41) is 4.93. The van der Waals surface area contributed by atoms with Gasteiger partial charge in [0, 0.05) is 29.8 Å². The van der Waals surface area contributed by atoms with E-state index in [1.807, 2.05) is 53.4 Å². The van der Waals surface area contributed by atoms with Crippen LogP contribution in [0.2, 0.25) is 0 Å². The monoisotopic (exact) mass is 554 g/mol. The summed E-state index contributed by atoms with van der Waals surface area (Å²) in [7, 11) is -3.97. The molecule has 0 saturated carbocycles. The lowest BCUT2D eigenvalue weighted by Crippen LogP contribution is -2.16. The van der Waals surface area contributed by atoms with Crippen LogP contribution in [-0.4, -0.2) is 32.7 Å². The van der Waals surface area contributed by atoms with Crippen LogP contribution in [0.25, 0.3) is 27.6 Å². The Morgan fingerprint density at radius 3 is 2.60 bits per heavy atom. The Kier molecular flexibility index (Phi) is 6.63. The summed E-state index contributed by atoms with van der Waals surface area (Å²) >= 11 is 0. The van der Waals surface area contributed by atoms with Gasteiger partial charge in [-0.25, -0.2) is 13.4 Å². The van der Waals surface area contributed by atoms with E-state index >= 15 is 0 Å². The molecule has 0 aliphatic heterocycles. The molecule has 10 heteroatoms. The standard InChI is InChI=1S/C30H30N6O3S/c1-4-5-14-29-32-24-15-16-31-17-27(24)36(29)19-22-18-35(25-11-7-6-10-23(22)25)26-12-8-9-13-28(26)40(37,38)34-30-20(2)21(3)39-33-30/h6-13,15-18H,4-5,14,19H2,1-3H3,(H,33,34). The number of unbranched alkanes of at least 4 members (excludes halogenated alkanes) is 1. The first-order chi connectivity index (χ1) is 19.4. The molecule has 0 atom stereocenters. The first-order valence-electron chi connectivity index (χ1n) is 13.3. The molecule has 0 saturated heterocycles. The molecular weight excluding hydrogens is 524 g/mol. The normalized spacial score (nSPS) is 12.0. The van der Waals surface area contributed by atoms with Gasteiger partial charge in [-0.05, 0) is 50.1 Å². The third-order valence-corrected chi connectivity index (χ3v) is 8.70. The molecule has 2 aromatic carbocycles. The smallest absolute Gasteiger partial charge is 0.265 e. The SMILES string of the molecule is CCCCc1nc2ccncc2n1Cc1cn(-c2ccccc2S(=O)(=O)Nc2noc(C)c2C)c2ccccc12. The van der Waals surface area contributed by atoms with E-state index in [2.05, 4.69) is 32.4 Å². The summed E-state index contributed by atoms with van der Waals surface area (Å²) in [6.07, 6.45) is 8.64. The molecule has 0 bridgehead atoms. The van der Waals surface area contributed by atoms with Crippen molar-refractivity contribution in [2.45, 2.75) is 51.5 Å². The zero-order valence-corrected chi connectivity index (χ0v) is 23.4. The number of benzene rings is 2. The lowest BCUT2D eigenvalue weighted by Gasteiger charge is -2.13. The van der Waals surface area contributed by atoms with Crippen molar-refractivity contribution >= 4 is 37.8 Å². The van der Waals surface area contributed by atoms with E-state index in [0.717, 1.165) is 52.6 Å². The highest BCUT2D eigenvalue weighted by atomic mass is 32.2. The van der Waals surface area contributed by atoms with Crippen molar-refractivity contribution in [3.05, 3.63) is 95.9 Å². The lowest BCUT2D eigenvalue weighted by molar-refractivity contribution is 0.399. The molecule has 9 nitrogen and oxygen atoms in total. The number of para-hydroxylation sites is 2. The minimum Gasteiger partial charge on any atom is -0.359 e. The Morgan fingerprint density at radius 1 is 1.00 bits per heavy atom. The number of nitrogens with one attached hydrogen (secondary N) is 1. The van der Waals surface area contributed by atoms with Gasteiger partial charge in [0.15, 0.2) is 5.82 Å². The second kappa shape index (κ2) is 10.3. The number of sulfonamides is 1. The predicted molar refractivity (Wildman–Crippen MR) is 155 cm³/mol. The summed E-state index contributed by atoms with van der Waals surface area (Å²) < 4.78 is 39.2. The second-order valence-electron chi connectivity index (χ2n) is 9.91. The van der Waals surface area contributed by atoms with Gasteiger partial charge in [-0.2, -0.15) is 0 Å². The molecule has 0 radical (unpaired) electrons. The minimum atomic E-state index is -3.97. The van der Waals surface area contributed by atoms with Crippen molar-refractivity contribution in [2.75, 3.05) is 4.72 Å². The van der Waals surface area contributed by atoms with E-state index in [1.54, 1.807) is 32.2 Å². The molecule has 204 valence electrons. The summed E-state index contributed by atoms with van der Waals surface area (Å²) in [4.78, 5) is 9.40. The number of imidazole rings is 1. The van der Waals surface area contributed by atoms with Crippen LogP contribution in [0.5, 0.6) is 0 Å². The molecule has 0 fully saturated rings. The van der Waals surface area contributed by atoms with E-state index in [4.69, 9.17) is 9.51 Å². The first-order valence-corrected chi connectivity index (χ1v) is 14.8. The molecule has 0 aliphatic rings. The maximum Gasteiger partial charge on any atom is 0.265 e. The molecule has 6 aromatic rings. The van der Waals surface area contributed by atoms with Crippen LogP contribution in [0.4, 0.5) is 5.82 Å². The number of aryl methyl sites for hydroxylation is 2. The zero-order valence-electron chi connectivity index (χ0n) is 22.6. The van der Waals surface area contributed by atoms with Crippen molar-refractivity contribution in [1.82, 2.24) is 24.3 Å². The molecule has 0 amide bonds. The molecule has 0 spiro atoms. The molecule has 4 aromatic heterocycles. The summed E-state index contributed by atoms with van der Waals surface area (Å²) in [5.74, 6) is 1.77. The van der Waals surface area contributed by atoms with E-state index in [9.17, 15) is 8.42 Å². The third kappa shape index (κ3) is 4.54. The highest BCUT2D eigenvalue weighted by molar-refractivity contribution is 7.92. The summed E-state index contributed by atoms with van der Waals surface area (Å²) in [6, 6.07) is 17.0. The van der Waals surface area contributed by atoms with Gasteiger partial charge in [-0.15, -0.1) is 0 Å². The largest absolute Gasteiger partial charge is 0.359 e. The van der Waals surface area contributed by atoms with E-state index in [0.29, 0.717) is 23.6 Å². The second-order valence-corrected chi connectivity index (χ2v) is 11.6. The third-order valence-electron chi connectivity index (χ3n) is 7.31. The first kappa shape index (κ1) is 25.8. The fourth-order valence-electron chi connectivity index (χ4n) is 5.05. The number of pyridine rings is 1. The van der Waals surface area contributed by atoms with Crippen LogP contribution in [0, 0.1) is 13.8 Å². The maximum atomic E-state index is 13.6. The van der Waals surface area contributed by atoms with E-state index < -0.39 is 10.0 Å². The van der Waals surface area contributed by atoms with Crippen LogP contribution in [0.1, 0.15) is 42.5 Å². The van der Waals surface area contributed by atoms with E-state index in [-0.39, 0.29) is 10.7 Å². The average Bonchev–Trinajstić information content (AvgIpc) is 3.61. The number of fused-ring (bicyclic) bond motifs is 2. The van der Waals surface area contributed by atoms with Gasteiger partial charge in [-0.3, -0.25) is 9.71 Å². The van der Waals surface area contributed by atoms with Crippen molar-refractivity contribution in [3.63, 3.8) is 0 Å². The Hall–Kier alpha value is -4.44. The predicted octanol–water partition coefficient (Wildman–Crippen LogP) is 6.17. The quantitative estimate of drug-likeness (QED) is 0.229. The van der Waals surface area contributed by atoms with Gasteiger partial charge in [0.05, 0.1) is 35.0 Å². The van der Waals surface area contributed by atoms with Crippen LogP contribution in [0.15, 0.2) is 82.6 Å². The van der Waals surface area contributed by atoms with Crippen molar-refractivity contribution in [3.8, 4) is 5.69 Å². The zero-order chi connectivity index (χ0) is 27.9. The molecular formula is C30H30N6O3S.